The van der Waals surface area contributed by atoms with Gasteiger partial charge in [-0.2, -0.15) is 0 Å². The fraction of sp³-hybridized carbons (Fsp3) is 0.571. The molecule has 0 spiro atoms. The minimum Gasteiger partial charge on any atom is -0.368 e. The van der Waals surface area contributed by atoms with Gasteiger partial charge in [0.25, 0.3) is 0 Å². The van der Waals surface area contributed by atoms with Crippen LogP contribution in [-0.4, -0.2) is 60.6 Å². The molecule has 0 N–H and O–H groups in total. The zero-order valence-electron chi connectivity index (χ0n) is 15.9. The zero-order valence-corrected chi connectivity index (χ0v) is 18.4. The van der Waals surface area contributed by atoms with E-state index in [4.69, 9.17) is 12.2 Å². The second kappa shape index (κ2) is 10.1. The molecule has 0 saturated carbocycles. The summed E-state index contributed by atoms with van der Waals surface area (Å²) in [6, 6.07) is 8.98. The summed E-state index contributed by atoms with van der Waals surface area (Å²) in [6.45, 7) is 8.24. The summed E-state index contributed by atoms with van der Waals surface area (Å²) >= 11 is 7.34. The Balaban J connectivity index is 0.00000210. The zero-order chi connectivity index (χ0) is 17.8. The fourth-order valence-corrected chi connectivity index (χ4v) is 5.34. The Morgan fingerprint density at radius 3 is 2.56 bits per heavy atom. The first-order valence-electron chi connectivity index (χ1n) is 10.0. The van der Waals surface area contributed by atoms with Crippen LogP contribution in [0.2, 0.25) is 0 Å². The molecule has 0 unspecified atom stereocenters. The van der Waals surface area contributed by atoms with Gasteiger partial charge < -0.3 is 9.80 Å². The van der Waals surface area contributed by atoms with Gasteiger partial charge in [-0.1, -0.05) is 18.3 Å². The predicted molar refractivity (Wildman–Crippen MR) is 125 cm³/mol. The maximum absolute atomic E-state index is 5.50. The molecule has 0 bridgehead atoms. The van der Waals surface area contributed by atoms with E-state index in [2.05, 4.69) is 44.3 Å². The highest BCUT2D eigenvalue weighted by molar-refractivity contribution is 7.80. The number of fused-ring (bicyclic) bond motifs is 1. The summed E-state index contributed by atoms with van der Waals surface area (Å²) in [4.78, 5) is 8.85. The normalized spacial score (nSPS) is 18.7. The maximum atomic E-state index is 5.50. The number of nitrogens with zero attached hydrogens (tertiary/aromatic N) is 3. The van der Waals surface area contributed by atoms with Crippen LogP contribution in [0.3, 0.4) is 0 Å². The topological polar surface area (TPSA) is 9.72 Å². The SMILES string of the molecule is Cl.S=C1CCCCN1CCCCN1CCN(c2cccc3sccc23)CC1. The number of anilines is 1. The molecule has 2 aliphatic heterocycles. The van der Waals surface area contributed by atoms with Crippen LogP contribution >= 0.6 is 36.0 Å². The number of thiocarbonyl (C=S) groups is 1. The van der Waals surface area contributed by atoms with Gasteiger partial charge in [0.1, 0.15) is 0 Å². The Bertz CT molecular complexity index is 740. The summed E-state index contributed by atoms with van der Waals surface area (Å²) in [5.74, 6) is 0. The van der Waals surface area contributed by atoms with Gasteiger partial charge in [-0.3, -0.25) is 4.90 Å². The molecule has 2 fully saturated rings. The number of unbranched alkanes of at least 4 members (excludes halogenated alkanes) is 1. The summed E-state index contributed by atoms with van der Waals surface area (Å²) in [7, 11) is 0. The first-order valence-corrected chi connectivity index (χ1v) is 11.3. The third kappa shape index (κ3) is 5.14. The Morgan fingerprint density at radius 1 is 0.926 bits per heavy atom. The number of thiophene rings is 1. The molecule has 2 saturated heterocycles. The highest BCUT2D eigenvalue weighted by atomic mass is 35.5. The van der Waals surface area contributed by atoms with Gasteiger partial charge in [0, 0.05) is 55.0 Å². The molecule has 2 aliphatic rings. The average molecular weight is 424 g/mol. The lowest BCUT2D eigenvalue weighted by molar-refractivity contribution is 0.248. The first-order chi connectivity index (χ1) is 12.8. The van der Waals surface area contributed by atoms with Crippen molar-refractivity contribution in [3.63, 3.8) is 0 Å². The van der Waals surface area contributed by atoms with Crippen LogP contribution in [0.5, 0.6) is 0 Å². The van der Waals surface area contributed by atoms with E-state index >= 15 is 0 Å². The average Bonchev–Trinajstić information content (AvgIpc) is 3.16. The van der Waals surface area contributed by atoms with Crippen LogP contribution in [0.25, 0.3) is 10.1 Å². The third-order valence-corrected chi connectivity index (χ3v) is 7.10. The summed E-state index contributed by atoms with van der Waals surface area (Å²) in [5.41, 5.74) is 1.42. The van der Waals surface area contributed by atoms with E-state index in [1.807, 2.05) is 11.3 Å². The summed E-state index contributed by atoms with van der Waals surface area (Å²) < 4.78 is 1.40. The van der Waals surface area contributed by atoms with Crippen molar-refractivity contribution < 1.29 is 0 Å². The Hall–Kier alpha value is -0.880. The number of piperidine rings is 1. The van der Waals surface area contributed by atoms with Crippen LogP contribution in [0.4, 0.5) is 5.69 Å². The van der Waals surface area contributed by atoms with Crippen molar-refractivity contribution >= 4 is 56.7 Å². The Kier molecular flexibility index (Phi) is 7.76. The van der Waals surface area contributed by atoms with Crippen LogP contribution < -0.4 is 4.90 Å². The highest BCUT2D eigenvalue weighted by Gasteiger charge is 2.19. The van der Waals surface area contributed by atoms with Gasteiger partial charge in [-0.05, 0) is 62.2 Å². The van der Waals surface area contributed by atoms with Gasteiger partial charge in [0.15, 0.2) is 0 Å². The second-order valence-electron chi connectivity index (χ2n) is 7.48. The van der Waals surface area contributed by atoms with Crippen molar-refractivity contribution in [1.82, 2.24) is 9.80 Å². The molecule has 2 aromatic rings. The molecule has 3 nitrogen and oxygen atoms in total. The number of rotatable bonds is 6. The van der Waals surface area contributed by atoms with Crippen molar-refractivity contribution in [2.24, 2.45) is 0 Å². The highest BCUT2D eigenvalue weighted by Crippen LogP contribution is 2.31. The predicted octanol–water partition coefficient (Wildman–Crippen LogP) is 5.04. The number of hydrogen-bond donors (Lipinski definition) is 0. The summed E-state index contributed by atoms with van der Waals surface area (Å²) in [6.07, 6.45) is 6.31. The van der Waals surface area contributed by atoms with Gasteiger partial charge in [-0.15, -0.1) is 23.7 Å². The molecule has 6 heteroatoms. The number of piperazine rings is 1. The molecule has 27 heavy (non-hydrogen) atoms. The van der Waals surface area contributed by atoms with Gasteiger partial charge in [0.05, 0.1) is 4.99 Å². The first kappa shape index (κ1) is 20.8. The molecule has 0 amide bonds. The monoisotopic (exact) mass is 423 g/mol. The molecule has 0 atom stereocenters. The number of halogens is 1. The van der Waals surface area contributed by atoms with Crippen LogP contribution in [0.1, 0.15) is 32.1 Å². The van der Waals surface area contributed by atoms with E-state index in [0.717, 1.165) is 19.5 Å². The lowest BCUT2D eigenvalue weighted by Crippen LogP contribution is -2.46. The third-order valence-electron chi connectivity index (χ3n) is 5.76. The van der Waals surface area contributed by atoms with Gasteiger partial charge in [0.2, 0.25) is 0 Å². The number of benzene rings is 1. The number of likely N-dealkylation sites (tertiary alicyclic amines) is 1. The van der Waals surface area contributed by atoms with E-state index in [1.54, 1.807) is 0 Å². The van der Waals surface area contributed by atoms with Gasteiger partial charge >= 0.3 is 0 Å². The van der Waals surface area contributed by atoms with E-state index in [1.165, 1.54) is 79.2 Å². The van der Waals surface area contributed by atoms with Crippen molar-refractivity contribution in [2.75, 3.05) is 50.7 Å². The van der Waals surface area contributed by atoms with Crippen LogP contribution in [0.15, 0.2) is 29.6 Å². The van der Waals surface area contributed by atoms with E-state index in [-0.39, 0.29) is 12.4 Å². The standard InChI is InChI=1S/C21H29N3S2.ClH/c25-21-8-1-2-11-24(21)12-4-3-10-22-13-15-23(16-14-22)19-6-5-7-20-18(19)9-17-26-20;/h5-7,9,17H,1-4,8,10-16H2;1H. The lowest BCUT2D eigenvalue weighted by atomic mass is 10.1. The molecule has 4 rings (SSSR count). The summed E-state index contributed by atoms with van der Waals surface area (Å²) in [5, 5.41) is 3.63. The Morgan fingerprint density at radius 2 is 1.74 bits per heavy atom. The molecule has 0 aliphatic carbocycles. The molecule has 1 aromatic carbocycles. The van der Waals surface area contributed by atoms with E-state index in [9.17, 15) is 0 Å². The molecule has 1 aromatic heterocycles. The van der Waals surface area contributed by atoms with Crippen molar-refractivity contribution in [3.05, 3.63) is 29.6 Å². The van der Waals surface area contributed by atoms with E-state index in [0.29, 0.717) is 0 Å². The molecule has 3 heterocycles. The van der Waals surface area contributed by atoms with Gasteiger partial charge in [-0.25, -0.2) is 0 Å². The minimum atomic E-state index is 0. The van der Waals surface area contributed by atoms with Crippen molar-refractivity contribution in [1.29, 1.82) is 0 Å². The smallest absolute Gasteiger partial charge is 0.0779 e. The minimum absolute atomic E-state index is 0. The maximum Gasteiger partial charge on any atom is 0.0779 e. The largest absolute Gasteiger partial charge is 0.368 e. The van der Waals surface area contributed by atoms with Crippen LogP contribution in [-0.2, 0) is 0 Å². The van der Waals surface area contributed by atoms with Crippen LogP contribution in [0, 0.1) is 0 Å². The lowest BCUT2D eigenvalue weighted by Gasteiger charge is -2.36. The molecule has 148 valence electrons. The molecular formula is C21H30ClN3S2. The van der Waals surface area contributed by atoms with Crippen molar-refractivity contribution in [2.45, 2.75) is 32.1 Å². The van der Waals surface area contributed by atoms with E-state index < -0.39 is 0 Å². The molecular weight excluding hydrogens is 394 g/mol. The van der Waals surface area contributed by atoms with Crippen molar-refractivity contribution in [3.8, 4) is 0 Å². The quantitative estimate of drug-likeness (QED) is 0.475. The second-order valence-corrected chi connectivity index (χ2v) is 8.90. The molecule has 0 radical (unpaired) electrons. The number of hydrogen-bond acceptors (Lipinski definition) is 4. The Labute approximate surface area is 178 Å². The fourth-order valence-electron chi connectivity index (χ4n) is 4.20.